The quantitative estimate of drug-likeness (QED) is 0.597. The van der Waals surface area contributed by atoms with Crippen LogP contribution >= 0.6 is 11.6 Å². The number of benzene rings is 1. The third-order valence-electron chi connectivity index (χ3n) is 3.77. The first kappa shape index (κ1) is 20.6. The number of hydrazone groups is 1. The van der Waals surface area contributed by atoms with Gasteiger partial charge < -0.3 is 5.32 Å². The van der Waals surface area contributed by atoms with Gasteiger partial charge >= 0.3 is 0 Å². The average molecular weight is 387 g/mol. The van der Waals surface area contributed by atoms with Crippen LogP contribution in [0.5, 0.6) is 0 Å². The standard InChI is InChI=1S/C20H23ClN4O2/c1-13(11-18(26)23-17-10-9-16(21)12-22-17)24-25-19(27)14-5-7-15(8-6-14)20(2,3)4/h5-10,12H,11H2,1-4H3,(H,25,27)(H,22,23,26)/b24-13+. The van der Waals surface area contributed by atoms with Gasteiger partial charge in [0.1, 0.15) is 5.82 Å². The number of hydrogen-bond donors (Lipinski definition) is 2. The maximum absolute atomic E-state index is 12.2. The van der Waals surface area contributed by atoms with Gasteiger partial charge in [-0.3, -0.25) is 9.59 Å². The zero-order valence-corrected chi connectivity index (χ0v) is 16.6. The van der Waals surface area contributed by atoms with Gasteiger partial charge in [-0.15, -0.1) is 0 Å². The molecule has 0 bridgehead atoms. The molecule has 0 aliphatic rings. The Morgan fingerprint density at radius 1 is 1.11 bits per heavy atom. The largest absolute Gasteiger partial charge is 0.310 e. The molecule has 0 radical (unpaired) electrons. The minimum absolute atomic E-state index is 0.0239. The summed E-state index contributed by atoms with van der Waals surface area (Å²) >= 11 is 5.75. The van der Waals surface area contributed by atoms with Crippen LogP contribution in [0.4, 0.5) is 5.82 Å². The van der Waals surface area contributed by atoms with E-state index in [4.69, 9.17) is 11.6 Å². The Bertz CT molecular complexity index is 838. The molecule has 2 N–H and O–H groups in total. The molecule has 0 aliphatic carbocycles. The van der Waals surface area contributed by atoms with Crippen molar-refractivity contribution in [3.8, 4) is 0 Å². The van der Waals surface area contributed by atoms with Crippen LogP contribution in [0.2, 0.25) is 5.02 Å². The smallest absolute Gasteiger partial charge is 0.271 e. The molecular weight excluding hydrogens is 364 g/mol. The molecule has 142 valence electrons. The highest BCUT2D eigenvalue weighted by Gasteiger charge is 2.14. The number of amides is 2. The van der Waals surface area contributed by atoms with Crippen LogP contribution < -0.4 is 10.7 Å². The normalized spacial score (nSPS) is 11.8. The third-order valence-corrected chi connectivity index (χ3v) is 4.00. The van der Waals surface area contributed by atoms with E-state index in [2.05, 4.69) is 41.6 Å². The van der Waals surface area contributed by atoms with E-state index >= 15 is 0 Å². The van der Waals surface area contributed by atoms with Crippen LogP contribution in [0.15, 0.2) is 47.7 Å². The van der Waals surface area contributed by atoms with Gasteiger partial charge in [-0.05, 0) is 42.2 Å². The predicted molar refractivity (Wildman–Crippen MR) is 108 cm³/mol. The summed E-state index contributed by atoms with van der Waals surface area (Å²) in [5.74, 6) is -0.204. The van der Waals surface area contributed by atoms with Crippen LogP contribution in [0.25, 0.3) is 0 Å². The van der Waals surface area contributed by atoms with Gasteiger partial charge in [-0.2, -0.15) is 5.10 Å². The van der Waals surface area contributed by atoms with Gasteiger partial charge in [0.15, 0.2) is 0 Å². The molecule has 0 fully saturated rings. The molecule has 0 atom stereocenters. The van der Waals surface area contributed by atoms with Crippen LogP contribution in [-0.4, -0.2) is 22.5 Å². The lowest BCUT2D eigenvalue weighted by Gasteiger charge is -2.18. The number of pyridine rings is 1. The van der Waals surface area contributed by atoms with E-state index in [1.807, 2.05) is 12.1 Å². The van der Waals surface area contributed by atoms with Gasteiger partial charge in [0.2, 0.25) is 5.91 Å². The summed E-state index contributed by atoms with van der Waals surface area (Å²) in [5, 5.41) is 7.11. The Labute approximate surface area is 164 Å². The maximum atomic E-state index is 12.2. The summed E-state index contributed by atoms with van der Waals surface area (Å²) < 4.78 is 0. The number of hydrogen-bond acceptors (Lipinski definition) is 4. The molecule has 7 heteroatoms. The summed E-state index contributed by atoms with van der Waals surface area (Å²) in [6.45, 7) is 8.00. The number of anilines is 1. The monoisotopic (exact) mass is 386 g/mol. The van der Waals surface area contributed by atoms with Crippen LogP contribution in [0.3, 0.4) is 0 Å². The van der Waals surface area contributed by atoms with Crippen molar-refractivity contribution >= 4 is 34.9 Å². The SMILES string of the molecule is C/C(CC(=O)Nc1ccc(Cl)cn1)=N\NC(=O)c1ccc(C(C)(C)C)cc1. The maximum Gasteiger partial charge on any atom is 0.271 e. The summed E-state index contributed by atoms with van der Waals surface area (Å²) in [6, 6.07) is 10.6. The Balaban J connectivity index is 1.89. The first-order chi connectivity index (χ1) is 12.6. The molecule has 0 saturated heterocycles. The minimum atomic E-state index is -0.324. The highest BCUT2D eigenvalue weighted by atomic mass is 35.5. The molecule has 27 heavy (non-hydrogen) atoms. The number of nitrogens with zero attached hydrogens (tertiary/aromatic N) is 2. The summed E-state index contributed by atoms with van der Waals surface area (Å²) in [4.78, 5) is 28.1. The average Bonchev–Trinajstić information content (AvgIpc) is 2.61. The second kappa shape index (κ2) is 8.77. The molecule has 1 aromatic heterocycles. The lowest BCUT2D eigenvalue weighted by Crippen LogP contribution is -2.22. The van der Waals surface area contributed by atoms with Gasteiger partial charge in [0.25, 0.3) is 5.91 Å². The molecule has 2 amide bonds. The van der Waals surface area contributed by atoms with E-state index in [0.717, 1.165) is 5.56 Å². The second-order valence-corrected chi connectivity index (χ2v) is 7.64. The van der Waals surface area contributed by atoms with Crippen molar-refractivity contribution < 1.29 is 9.59 Å². The zero-order valence-electron chi connectivity index (χ0n) is 15.8. The molecule has 1 aromatic carbocycles. The summed E-state index contributed by atoms with van der Waals surface area (Å²) in [5.41, 5.74) is 4.62. The zero-order chi connectivity index (χ0) is 20.0. The first-order valence-electron chi connectivity index (χ1n) is 8.50. The van der Waals surface area contributed by atoms with E-state index in [9.17, 15) is 9.59 Å². The highest BCUT2D eigenvalue weighted by molar-refractivity contribution is 6.30. The Kier molecular flexibility index (Phi) is 6.69. The van der Waals surface area contributed by atoms with E-state index in [1.165, 1.54) is 6.20 Å². The Hall–Kier alpha value is -2.73. The predicted octanol–water partition coefficient (Wildman–Crippen LogP) is 4.17. The Morgan fingerprint density at radius 2 is 1.78 bits per heavy atom. The number of nitrogens with one attached hydrogen (secondary N) is 2. The molecule has 2 aromatic rings. The third kappa shape index (κ3) is 6.49. The van der Waals surface area contributed by atoms with Crippen molar-refractivity contribution in [3.05, 3.63) is 58.7 Å². The number of carbonyl (C=O) groups is 2. The summed E-state index contributed by atoms with van der Waals surface area (Å²) in [6.07, 6.45) is 1.48. The molecule has 2 rings (SSSR count). The van der Waals surface area contributed by atoms with Crippen LogP contribution in [0.1, 0.15) is 50.0 Å². The topological polar surface area (TPSA) is 83.4 Å². The minimum Gasteiger partial charge on any atom is -0.310 e. The van der Waals surface area contributed by atoms with Gasteiger partial charge in [-0.25, -0.2) is 10.4 Å². The highest BCUT2D eigenvalue weighted by Crippen LogP contribution is 2.22. The summed E-state index contributed by atoms with van der Waals surface area (Å²) in [7, 11) is 0. The first-order valence-corrected chi connectivity index (χ1v) is 8.88. The number of carbonyl (C=O) groups excluding carboxylic acids is 2. The van der Waals surface area contributed by atoms with E-state index < -0.39 is 0 Å². The van der Waals surface area contributed by atoms with E-state index in [1.54, 1.807) is 31.2 Å². The fourth-order valence-electron chi connectivity index (χ4n) is 2.24. The van der Waals surface area contributed by atoms with Gasteiger partial charge in [0, 0.05) is 17.5 Å². The fraction of sp³-hybridized carbons (Fsp3) is 0.300. The molecule has 6 nitrogen and oxygen atoms in total. The van der Waals surface area contributed by atoms with Gasteiger partial charge in [-0.1, -0.05) is 44.5 Å². The van der Waals surface area contributed by atoms with Crippen molar-refractivity contribution in [1.82, 2.24) is 10.4 Å². The van der Waals surface area contributed by atoms with Crippen LogP contribution in [-0.2, 0) is 10.2 Å². The van der Waals surface area contributed by atoms with Crippen LogP contribution in [0, 0.1) is 0 Å². The Morgan fingerprint density at radius 3 is 2.33 bits per heavy atom. The van der Waals surface area contributed by atoms with Crippen molar-refractivity contribution in [3.63, 3.8) is 0 Å². The van der Waals surface area contributed by atoms with E-state index in [-0.39, 0.29) is 23.7 Å². The fourth-order valence-corrected chi connectivity index (χ4v) is 2.35. The molecular formula is C20H23ClN4O2. The van der Waals surface area contributed by atoms with Crippen molar-refractivity contribution in [2.24, 2.45) is 5.10 Å². The molecule has 0 saturated carbocycles. The van der Waals surface area contributed by atoms with Crippen molar-refractivity contribution in [2.75, 3.05) is 5.32 Å². The number of halogens is 1. The lowest BCUT2D eigenvalue weighted by atomic mass is 9.87. The van der Waals surface area contributed by atoms with Crippen molar-refractivity contribution in [2.45, 2.75) is 39.5 Å². The molecule has 0 spiro atoms. The van der Waals surface area contributed by atoms with Crippen molar-refractivity contribution in [1.29, 1.82) is 0 Å². The number of aromatic nitrogens is 1. The molecule has 0 unspecified atom stereocenters. The van der Waals surface area contributed by atoms with Gasteiger partial charge in [0.05, 0.1) is 11.4 Å². The molecule has 0 aliphatic heterocycles. The van der Waals surface area contributed by atoms with E-state index in [0.29, 0.717) is 22.1 Å². The number of rotatable bonds is 5. The molecule has 1 heterocycles. The second-order valence-electron chi connectivity index (χ2n) is 7.20. The lowest BCUT2D eigenvalue weighted by molar-refractivity contribution is -0.115.